The summed E-state index contributed by atoms with van der Waals surface area (Å²) >= 11 is 0. The summed E-state index contributed by atoms with van der Waals surface area (Å²) in [7, 11) is 0. The van der Waals surface area contributed by atoms with Crippen LogP contribution in [0.4, 0.5) is 0 Å². The minimum atomic E-state index is -0.0590. The van der Waals surface area contributed by atoms with E-state index in [0.29, 0.717) is 12.5 Å². The number of carbonyl (C=O) groups is 2. The minimum Gasteiger partial charge on any atom is -0.356 e. The van der Waals surface area contributed by atoms with Gasteiger partial charge in [-0.3, -0.25) is 9.59 Å². The molecule has 4 heteroatoms. The van der Waals surface area contributed by atoms with Crippen molar-refractivity contribution in [2.45, 2.75) is 64.7 Å². The van der Waals surface area contributed by atoms with Gasteiger partial charge in [0.25, 0.3) is 0 Å². The normalized spacial score (nSPS) is 40.6. The molecule has 1 unspecified atom stereocenters. The van der Waals surface area contributed by atoms with Crippen molar-refractivity contribution in [1.29, 1.82) is 0 Å². The van der Waals surface area contributed by atoms with Crippen molar-refractivity contribution in [1.82, 2.24) is 10.2 Å². The Kier molecular flexibility index (Phi) is 4.34. The van der Waals surface area contributed by atoms with Crippen LogP contribution in [0.3, 0.4) is 0 Å². The molecule has 1 heterocycles. The number of carbonyl (C=O) groups excluding carboxylic acids is 2. The highest BCUT2D eigenvalue weighted by Crippen LogP contribution is 2.60. The average molecular weight is 332 g/mol. The van der Waals surface area contributed by atoms with Crippen LogP contribution in [0.25, 0.3) is 0 Å². The number of nitrogens with one attached hydrogen (secondary N) is 1. The maximum atomic E-state index is 13.4. The molecule has 4 saturated carbocycles. The Morgan fingerprint density at radius 1 is 1.08 bits per heavy atom. The Morgan fingerprint density at radius 3 is 2.29 bits per heavy atom. The minimum absolute atomic E-state index is 0.00293. The second-order valence-electron chi connectivity index (χ2n) is 9.08. The zero-order valence-corrected chi connectivity index (χ0v) is 15.1. The van der Waals surface area contributed by atoms with Gasteiger partial charge in [-0.05, 0) is 75.5 Å². The fourth-order valence-electron chi connectivity index (χ4n) is 6.48. The molecule has 2 amide bonds. The molecule has 5 aliphatic rings. The molecule has 0 aromatic carbocycles. The second-order valence-corrected chi connectivity index (χ2v) is 9.08. The highest BCUT2D eigenvalue weighted by molar-refractivity contribution is 5.85. The first-order valence-corrected chi connectivity index (χ1v) is 10.2. The molecular formula is C20H32N2O2. The lowest BCUT2D eigenvalue weighted by atomic mass is 9.49. The summed E-state index contributed by atoms with van der Waals surface area (Å²) in [4.78, 5) is 27.8. The Morgan fingerprint density at radius 2 is 1.71 bits per heavy atom. The largest absolute Gasteiger partial charge is 0.356 e. The molecule has 1 N–H and O–H groups in total. The Balaban J connectivity index is 1.43. The predicted molar refractivity (Wildman–Crippen MR) is 93.2 cm³/mol. The van der Waals surface area contributed by atoms with Crippen LogP contribution in [0.2, 0.25) is 0 Å². The second kappa shape index (κ2) is 6.34. The van der Waals surface area contributed by atoms with E-state index in [-0.39, 0.29) is 17.2 Å². The lowest BCUT2D eigenvalue weighted by molar-refractivity contribution is -0.160. The zero-order valence-electron chi connectivity index (χ0n) is 15.1. The predicted octanol–water partition coefficient (Wildman–Crippen LogP) is 2.97. The Labute approximate surface area is 145 Å². The summed E-state index contributed by atoms with van der Waals surface area (Å²) in [5, 5.41) is 3.02. The van der Waals surface area contributed by atoms with Gasteiger partial charge in [-0.25, -0.2) is 0 Å². The maximum absolute atomic E-state index is 13.4. The summed E-state index contributed by atoms with van der Waals surface area (Å²) < 4.78 is 0. The van der Waals surface area contributed by atoms with Gasteiger partial charge in [0.05, 0.1) is 11.3 Å². The number of piperidine rings is 1. The molecule has 0 aromatic heterocycles. The highest BCUT2D eigenvalue weighted by atomic mass is 16.2. The number of nitrogens with zero attached hydrogens (tertiary/aromatic N) is 1. The number of likely N-dealkylation sites (tertiary alicyclic amines) is 1. The van der Waals surface area contributed by atoms with Gasteiger partial charge in [-0.1, -0.05) is 6.92 Å². The van der Waals surface area contributed by atoms with Gasteiger partial charge >= 0.3 is 0 Å². The Bertz CT molecular complexity index is 480. The molecule has 1 atom stereocenters. The topological polar surface area (TPSA) is 49.4 Å². The first-order chi connectivity index (χ1) is 11.6. The lowest BCUT2D eigenvalue weighted by Gasteiger charge is -2.57. The van der Waals surface area contributed by atoms with Crippen LogP contribution in [-0.4, -0.2) is 36.3 Å². The van der Waals surface area contributed by atoms with Crippen LogP contribution in [-0.2, 0) is 9.59 Å². The van der Waals surface area contributed by atoms with E-state index in [0.717, 1.165) is 69.4 Å². The van der Waals surface area contributed by atoms with E-state index in [4.69, 9.17) is 0 Å². The number of hydrogen-bond donors (Lipinski definition) is 1. The summed E-state index contributed by atoms with van der Waals surface area (Å²) in [5.41, 5.74) is -0.0590. The van der Waals surface area contributed by atoms with E-state index in [1.54, 1.807) is 0 Å². The van der Waals surface area contributed by atoms with E-state index in [2.05, 4.69) is 17.1 Å². The molecule has 5 fully saturated rings. The lowest BCUT2D eigenvalue weighted by Crippen LogP contribution is -2.56. The van der Waals surface area contributed by atoms with Crippen LogP contribution in [0.1, 0.15) is 64.7 Å². The first kappa shape index (κ1) is 16.4. The molecular weight excluding hydrogens is 300 g/mol. The third kappa shape index (κ3) is 2.86. The summed E-state index contributed by atoms with van der Waals surface area (Å²) in [6.45, 7) is 4.33. The monoisotopic (exact) mass is 332 g/mol. The smallest absolute Gasteiger partial charge is 0.228 e. The zero-order chi connectivity index (χ0) is 16.7. The SMILES string of the molecule is CCCNC(=O)C1CCCN(C(=O)C23CC4CC(CC(C4)C2)C3)C1. The molecule has 1 aliphatic heterocycles. The van der Waals surface area contributed by atoms with E-state index in [1.807, 2.05) is 0 Å². The number of amides is 2. The molecule has 0 spiro atoms. The molecule has 0 aromatic rings. The van der Waals surface area contributed by atoms with Crippen molar-refractivity contribution >= 4 is 11.8 Å². The van der Waals surface area contributed by atoms with Gasteiger partial charge in [0.1, 0.15) is 0 Å². The van der Waals surface area contributed by atoms with Crippen molar-refractivity contribution in [2.75, 3.05) is 19.6 Å². The van der Waals surface area contributed by atoms with Crippen molar-refractivity contribution in [3.05, 3.63) is 0 Å². The first-order valence-electron chi connectivity index (χ1n) is 10.2. The van der Waals surface area contributed by atoms with Crippen LogP contribution in [0.15, 0.2) is 0 Å². The molecule has 134 valence electrons. The average Bonchev–Trinajstić information content (AvgIpc) is 2.58. The molecule has 4 nitrogen and oxygen atoms in total. The van der Waals surface area contributed by atoms with Gasteiger partial charge in [-0.15, -0.1) is 0 Å². The van der Waals surface area contributed by atoms with Crippen molar-refractivity contribution in [2.24, 2.45) is 29.1 Å². The third-order valence-corrected chi connectivity index (χ3v) is 7.12. The molecule has 1 saturated heterocycles. The van der Waals surface area contributed by atoms with E-state index < -0.39 is 0 Å². The molecule has 5 rings (SSSR count). The van der Waals surface area contributed by atoms with Crippen LogP contribution in [0.5, 0.6) is 0 Å². The van der Waals surface area contributed by atoms with Crippen molar-refractivity contribution < 1.29 is 9.59 Å². The number of hydrogen-bond acceptors (Lipinski definition) is 2. The van der Waals surface area contributed by atoms with Gasteiger partial charge in [0, 0.05) is 19.6 Å². The quantitative estimate of drug-likeness (QED) is 0.860. The van der Waals surface area contributed by atoms with Crippen LogP contribution >= 0.6 is 0 Å². The fraction of sp³-hybridized carbons (Fsp3) is 0.900. The number of rotatable bonds is 4. The van der Waals surface area contributed by atoms with Crippen molar-refractivity contribution in [3.63, 3.8) is 0 Å². The fourth-order valence-corrected chi connectivity index (χ4v) is 6.48. The molecule has 0 radical (unpaired) electrons. The highest BCUT2D eigenvalue weighted by Gasteiger charge is 2.55. The summed E-state index contributed by atoms with van der Waals surface area (Å²) in [5.74, 6) is 2.95. The van der Waals surface area contributed by atoms with Gasteiger partial charge in [-0.2, -0.15) is 0 Å². The molecule has 4 aliphatic carbocycles. The van der Waals surface area contributed by atoms with Crippen LogP contribution < -0.4 is 5.32 Å². The van der Waals surface area contributed by atoms with Crippen LogP contribution in [0, 0.1) is 29.1 Å². The Hall–Kier alpha value is -1.06. The van der Waals surface area contributed by atoms with Gasteiger partial charge < -0.3 is 10.2 Å². The summed E-state index contributed by atoms with van der Waals surface area (Å²) in [6.07, 6.45) is 10.4. The third-order valence-electron chi connectivity index (χ3n) is 7.12. The van der Waals surface area contributed by atoms with E-state index >= 15 is 0 Å². The van der Waals surface area contributed by atoms with Crippen molar-refractivity contribution in [3.8, 4) is 0 Å². The standard InChI is InChI=1S/C20H32N2O2/c1-2-5-21-18(23)17-4-3-6-22(13-17)19(24)20-10-14-7-15(11-20)9-16(8-14)12-20/h14-17H,2-13H2,1H3,(H,21,23). The summed E-state index contributed by atoms with van der Waals surface area (Å²) in [6, 6.07) is 0. The van der Waals surface area contributed by atoms with E-state index in [9.17, 15) is 9.59 Å². The van der Waals surface area contributed by atoms with Gasteiger partial charge in [0.15, 0.2) is 0 Å². The van der Waals surface area contributed by atoms with E-state index in [1.165, 1.54) is 19.3 Å². The maximum Gasteiger partial charge on any atom is 0.228 e. The molecule has 4 bridgehead atoms. The molecule has 24 heavy (non-hydrogen) atoms. The van der Waals surface area contributed by atoms with Gasteiger partial charge in [0.2, 0.25) is 11.8 Å².